The Labute approximate surface area is 107 Å². The zero-order valence-electron chi connectivity index (χ0n) is 10.6. The van der Waals surface area contributed by atoms with Crippen molar-refractivity contribution < 1.29 is 0 Å². The van der Waals surface area contributed by atoms with Crippen LogP contribution in [0.1, 0.15) is 29.2 Å². The van der Waals surface area contributed by atoms with Gasteiger partial charge in [0, 0.05) is 28.7 Å². The molecule has 0 aromatic carbocycles. The Morgan fingerprint density at radius 2 is 2.00 bits per heavy atom. The fraction of sp³-hybridized carbons (Fsp3) is 0.429. The van der Waals surface area contributed by atoms with Crippen molar-refractivity contribution in [3.63, 3.8) is 0 Å². The summed E-state index contributed by atoms with van der Waals surface area (Å²) in [5.41, 5.74) is 1.36. The third-order valence-corrected chi connectivity index (χ3v) is 4.01. The van der Waals surface area contributed by atoms with Gasteiger partial charge in [-0.1, -0.05) is 13.8 Å². The lowest BCUT2D eigenvalue weighted by atomic mass is 10.3. The number of hydrogen-bond acceptors (Lipinski definition) is 2. The first-order chi connectivity index (χ1) is 8.31. The molecule has 92 valence electrons. The van der Waals surface area contributed by atoms with Gasteiger partial charge in [-0.15, -0.1) is 11.3 Å². The van der Waals surface area contributed by atoms with E-state index in [2.05, 4.69) is 54.3 Å². The van der Waals surface area contributed by atoms with Gasteiger partial charge in [-0.25, -0.2) is 0 Å². The van der Waals surface area contributed by atoms with Gasteiger partial charge in [-0.3, -0.25) is 0 Å². The minimum Gasteiger partial charge on any atom is -0.349 e. The molecular weight excluding hydrogens is 228 g/mol. The van der Waals surface area contributed by atoms with Crippen molar-refractivity contribution in [2.45, 2.75) is 33.4 Å². The lowest BCUT2D eigenvalue weighted by molar-refractivity contribution is 0.722. The van der Waals surface area contributed by atoms with Gasteiger partial charge in [0.1, 0.15) is 0 Å². The highest BCUT2D eigenvalue weighted by atomic mass is 32.1. The van der Waals surface area contributed by atoms with Crippen LogP contribution < -0.4 is 5.32 Å². The average molecular weight is 248 g/mol. The van der Waals surface area contributed by atoms with Gasteiger partial charge in [0.05, 0.1) is 6.54 Å². The zero-order chi connectivity index (χ0) is 12.1. The molecular formula is C14H20N2S. The van der Waals surface area contributed by atoms with E-state index in [0.29, 0.717) is 0 Å². The van der Waals surface area contributed by atoms with Crippen molar-refractivity contribution >= 4 is 11.3 Å². The van der Waals surface area contributed by atoms with Crippen molar-refractivity contribution in [1.82, 2.24) is 9.88 Å². The molecule has 0 atom stereocenters. The second kappa shape index (κ2) is 6.03. The fourth-order valence-corrected chi connectivity index (χ4v) is 2.81. The quantitative estimate of drug-likeness (QED) is 0.830. The highest BCUT2D eigenvalue weighted by Crippen LogP contribution is 2.18. The second-order valence-corrected chi connectivity index (χ2v) is 5.45. The van der Waals surface area contributed by atoms with E-state index in [0.717, 1.165) is 26.1 Å². The number of aromatic nitrogens is 1. The summed E-state index contributed by atoms with van der Waals surface area (Å²) in [5, 5.41) is 3.34. The summed E-state index contributed by atoms with van der Waals surface area (Å²) in [5.74, 6) is 0. The smallest absolute Gasteiger partial charge is 0.0563 e. The Balaban J connectivity index is 1.96. The fourth-order valence-electron chi connectivity index (χ4n) is 1.84. The largest absolute Gasteiger partial charge is 0.349 e. The molecule has 2 aromatic rings. The van der Waals surface area contributed by atoms with Crippen molar-refractivity contribution in [1.29, 1.82) is 0 Å². The van der Waals surface area contributed by atoms with Crippen LogP contribution in [-0.4, -0.2) is 11.1 Å². The molecule has 0 saturated carbocycles. The topological polar surface area (TPSA) is 17.0 Å². The third kappa shape index (κ3) is 3.45. The molecule has 3 heteroatoms. The van der Waals surface area contributed by atoms with E-state index in [9.17, 15) is 0 Å². The van der Waals surface area contributed by atoms with Gasteiger partial charge in [0.25, 0.3) is 0 Å². The maximum atomic E-state index is 3.34. The first-order valence-corrected chi connectivity index (χ1v) is 7.06. The van der Waals surface area contributed by atoms with Crippen LogP contribution in [0.25, 0.3) is 0 Å². The van der Waals surface area contributed by atoms with E-state index >= 15 is 0 Å². The minimum absolute atomic E-state index is 0.966. The predicted molar refractivity (Wildman–Crippen MR) is 74.6 cm³/mol. The predicted octanol–water partition coefficient (Wildman–Crippen LogP) is 3.27. The number of nitrogens with one attached hydrogen (secondary N) is 1. The maximum Gasteiger partial charge on any atom is 0.0563 e. The normalized spacial score (nSPS) is 10.9. The molecule has 0 aliphatic carbocycles. The van der Waals surface area contributed by atoms with Crippen molar-refractivity contribution in [3.8, 4) is 0 Å². The van der Waals surface area contributed by atoms with Crippen LogP contribution in [0.2, 0.25) is 0 Å². The highest BCUT2D eigenvalue weighted by molar-refractivity contribution is 7.11. The molecule has 1 N–H and O–H groups in total. The molecule has 0 amide bonds. The number of thiophene rings is 1. The molecule has 0 radical (unpaired) electrons. The summed E-state index contributed by atoms with van der Waals surface area (Å²) >= 11 is 1.92. The molecule has 17 heavy (non-hydrogen) atoms. The van der Waals surface area contributed by atoms with Crippen LogP contribution in [0.15, 0.2) is 30.6 Å². The van der Waals surface area contributed by atoms with E-state index in [4.69, 9.17) is 0 Å². The summed E-state index contributed by atoms with van der Waals surface area (Å²) in [7, 11) is 0. The molecule has 2 nitrogen and oxygen atoms in total. The molecule has 2 aromatic heterocycles. The van der Waals surface area contributed by atoms with Gasteiger partial charge in [-0.2, -0.15) is 0 Å². The van der Waals surface area contributed by atoms with Crippen molar-refractivity contribution in [2.75, 3.05) is 6.54 Å². The second-order valence-electron chi connectivity index (χ2n) is 4.19. The number of nitrogens with zero attached hydrogens (tertiary/aromatic N) is 1. The van der Waals surface area contributed by atoms with Crippen LogP contribution in [0, 0.1) is 0 Å². The van der Waals surface area contributed by atoms with Crippen molar-refractivity contribution in [2.24, 2.45) is 0 Å². The standard InChI is InChI=1S/C14H20N2S/c1-3-13-5-6-14(17-13)11-16-8-7-12(10-16)9-15-4-2/h5-8,10,15H,3-4,9,11H2,1-2H3. The lowest BCUT2D eigenvalue weighted by Gasteiger charge is -2.00. The SMILES string of the molecule is CCNCc1ccn(Cc2ccc(CC)s2)c1. The molecule has 0 aliphatic heterocycles. The van der Waals surface area contributed by atoms with E-state index < -0.39 is 0 Å². The van der Waals surface area contributed by atoms with E-state index in [1.807, 2.05) is 11.3 Å². The molecule has 0 aliphatic rings. The molecule has 0 bridgehead atoms. The van der Waals surface area contributed by atoms with Gasteiger partial charge in [0.2, 0.25) is 0 Å². The molecule has 0 fully saturated rings. The van der Waals surface area contributed by atoms with Gasteiger partial charge in [-0.05, 0) is 36.7 Å². The van der Waals surface area contributed by atoms with E-state index in [1.165, 1.54) is 15.3 Å². The minimum atomic E-state index is 0.966. The Morgan fingerprint density at radius 3 is 2.71 bits per heavy atom. The van der Waals surface area contributed by atoms with Crippen LogP contribution in [-0.2, 0) is 19.5 Å². The average Bonchev–Trinajstić information content (AvgIpc) is 2.96. The van der Waals surface area contributed by atoms with Crippen LogP contribution >= 0.6 is 11.3 Å². The maximum absolute atomic E-state index is 3.34. The number of hydrogen-bond donors (Lipinski definition) is 1. The lowest BCUT2D eigenvalue weighted by Crippen LogP contribution is -2.11. The molecule has 0 saturated heterocycles. The first-order valence-electron chi connectivity index (χ1n) is 6.24. The summed E-state index contributed by atoms with van der Waals surface area (Å²) in [6, 6.07) is 6.67. The Morgan fingerprint density at radius 1 is 1.18 bits per heavy atom. The summed E-state index contributed by atoms with van der Waals surface area (Å²) in [6.45, 7) is 7.33. The van der Waals surface area contributed by atoms with Crippen LogP contribution in [0.3, 0.4) is 0 Å². The molecule has 2 rings (SSSR count). The number of aryl methyl sites for hydroxylation is 1. The molecule has 2 heterocycles. The summed E-state index contributed by atoms with van der Waals surface area (Å²) in [6.07, 6.45) is 5.54. The van der Waals surface area contributed by atoms with Crippen LogP contribution in [0.5, 0.6) is 0 Å². The monoisotopic (exact) mass is 248 g/mol. The Hall–Kier alpha value is -1.06. The number of rotatable bonds is 6. The summed E-state index contributed by atoms with van der Waals surface area (Å²) < 4.78 is 2.26. The summed E-state index contributed by atoms with van der Waals surface area (Å²) in [4.78, 5) is 2.91. The van der Waals surface area contributed by atoms with Crippen molar-refractivity contribution in [3.05, 3.63) is 45.9 Å². The third-order valence-electron chi connectivity index (χ3n) is 2.80. The Kier molecular flexibility index (Phi) is 4.40. The van der Waals surface area contributed by atoms with E-state index in [-0.39, 0.29) is 0 Å². The highest BCUT2D eigenvalue weighted by Gasteiger charge is 2.01. The molecule has 0 spiro atoms. The van der Waals surface area contributed by atoms with E-state index in [1.54, 1.807) is 0 Å². The van der Waals surface area contributed by atoms with Gasteiger partial charge in [0.15, 0.2) is 0 Å². The molecule has 0 unspecified atom stereocenters. The first kappa shape index (κ1) is 12.4. The van der Waals surface area contributed by atoms with Gasteiger partial charge >= 0.3 is 0 Å². The van der Waals surface area contributed by atoms with Crippen LogP contribution in [0.4, 0.5) is 0 Å². The zero-order valence-corrected chi connectivity index (χ0v) is 11.4. The Bertz CT molecular complexity index is 456. The van der Waals surface area contributed by atoms with Gasteiger partial charge < -0.3 is 9.88 Å².